The molecule has 0 aromatic heterocycles. The highest BCUT2D eigenvalue weighted by Crippen LogP contribution is 2.07. The lowest BCUT2D eigenvalue weighted by molar-refractivity contribution is -0.135. The summed E-state index contributed by atoms with van der Waals surface area (Å²) in [6, 6.07) is 0.544. The zero-order valence-corrected chi connectivity index (χ0v) is 8.21. The van der Waals surface area contributed by atoms with Gasteiger partial charge in [-0.25, -0.2) is 0 Å². The summed E-state index contributed by atoms with van der Waals surface area (Å²) in [6.45, 7) is 6.85. The van der Waals surface area contributed by atoms with E-state index in [-0.39, 0.29) is 5.91 Å². The molecule has 0 bridgehead atoms. The first-order valence-corrected chi connectivity index (χ1v) is 4.63. The number of carbonyl (C=O) groups is 1. The summed E-state index contributed by atoms with van der Waals surface area (Å²) in [5.74, 6) is 0.251. The molecule has 1 atom stereocenters. The summed E-state index contributed by atoms with van der Waals surface area (Å²) in [5, 5.41) is 0. The second kappa shape index (κ2) is 3.90. The topological polar surface area (TPSA) is 23.6 Å². The van der Waals surface area contributed by atoms with E-state index in [1.807, 2.05) is 7.05 Å². The molecule has 0 aromatic rings. The monoisotopic (exact) mass is 170 g/mol. The zero-order valence-electron chi connectivity index (χ0n) is 8.21. The Kier molecular flexibility index (Phi) is 3.09. The molecule has 3 nitrogen and oxygen atoms in total. The van der Waals surface area contributed by atoms with Crippen molar-refractivity contribution in [1.29, 1.82) is 0 Å². The summed E-state index contributed by atoms with van der Waals surface area (Å²) in [5.41, 5.74) is 0. The van der Waals surface area contributed by atoms with E-state index in [0.717, 1.165) is 19.5 Å². The van der Waals surface area contributed by atoms with E-state index in [9.17, 15) is 4.79 Å². The quantitative estimate of drug-likeness (QED) is 0.604. The molecule has 1 amide bonds. The van der Waals surface area contributed by atoms with Crippen molar-refractivity contribution in [2.75, 3.05) is 26.7 Å². The fourth-order valence-corrected chi connectivity index (χ4v) is 1.41. The molecular weight excluding hydrogens is 152 g/mol. The molecule has 1 saturated heterocycles. The molecule has 3 heteroatoms. The SMILES string of the molecule is CCC(C)N1CCN(C)C(=O)C1. The number of likely N-dealkylation sites (N-methyl/N-ethyl adjacent to an activating group) is 1. The second-order valence-electron chi connectivity index (χ2n) is 3.54. The van der Waals surface area contributed by atoms with Gasteiger partial charge in [-0.3, -0.25) is 9.69 Å². The second-order valence-corrected chi connectivity index (χ2v) is 3.54. The van der Waals surface area contributed by atoms with Crippen molar-refractivity contribution in [3.8, 4) is 0 Å². The number of hydrogen-bond donors (Lipinski definition) is 0. The molecule has 0 radical (unpaired) electrons. The summed E-state index contributed by atoms with van der Waals surface area (Å²) < 4.78 is 0. The van der Waals surface area contributed by atoms with Gasteiger partial charge < -0.3 is 4.90 Å². The van der Waals surface area contributed by atoms with Gasteiger partial charge in [0.05, 0.1) is 6.54 Å². The number of rotatable bonds is 2. The van der Waals surface area contributed by atoms with Gasteiger partial charge in [-0.1, -0.05) is 6.92 Å². The Bertz CT molecular complexity index is 170. The molecule has 1 aliphatic heterocycles. The molecule has 0 spiro atoms. The zero-order chi connectivity index (χ0) is 9.14. The smallest absolute Gasteiger partial charge is 0.236 e. The van der Waals surface area contributed by atoms with Crippen molar-refractivity contribution in [2.45, 2.75) is 26.3 Å². The van der Waals surface area contributed by atoms with Crippen LogP contribution in [0, 0.1) is 0 Å². The van der Waals surface area contributed by atoms with Crippen LogP contribution in [0.1, 0.15) is 20.3 Å². The van der Waals surface area contributed by atoms with Crippen molar-refractivity contribution in [2.24, 2.45) is 0 Å². The van der Waals surface area contributed by atoms with Crippen LogP contribution in [0.3, 0.4) is 0 Å². The molecule has 0 aliphatic carbocycles. The third-order valence-corrected chi connectivity index (χ3v) is 2.70. The number of hydrogen-bond acceptors (Lipinski definition) is 2. The van der Waals surface area contributed by atoms with Crippen LogP contribution in [0.25, 0.3) is 0 Å². The van der Waals surface area contributed by atoms with Gasteiger partial charge in [-0.2, -0.15) is 0 Å². The van der Waals surface area contributed by atoms with Crippen LogP contribution >= 0.6 is 0 Å². The minimum absolute atomic E-state index is 0.251. The molecule has 1 aliphatic rings. The van der Waals surface area contributed by atoms with Gasteiger partial charge in [0.1, 0.15) is 0 Å². The summed E-state index contributed by atoms with van der Waals surface area (Å²) in [6.07, 6.45) is 1.12. The molecule has 70 valence electrons. The van der Waals surface area contributed by atoms with Gasteiger partial charge in [0.15, 0.2) is 0 Å². The lowest BCUT2D eigenvalue weighted by Crippen LogP contribution is -2.51. The number of piperazine rings is 1. The molecule has 1 rings (SSSR count). The lowest BCUT2D eigenvalue weighted by atomic mass is 10.2. The van der Waals surface area contributed by atoms with E-state index < -0.39 is 0 Å². The Hall–Kier alpha value is -0.570. The van der Waals surface area contributed by atoms with Crippen LogP contribution in [0.15, 0.2) is 0 Å². The van der Waals surface area contributed by atoms with Crippen molar-refractivity contribution in [1.82, 2.24) is 9.80 Å². The maximum absolute atomic E-state index is 11.3. The van der Waals surface area contributed by atoms with Gasteiger partial charge in [0.2, 0.25) is 5.91 Å². The molecule has 1 unspecified atom stereocenters. The summed E-state index contributed by atoms with van der Waals surface area (Å²) in [7, 11) is 1.87. The molecular formula is C9H18N2O. The molecule has 1 heterocycles. The van der Waals surface area contributed by atoms with Gasteiger partial charge in [-0.05, 0) is 13.3 Å². The molecule has 0 N–H and O–H groups in total. The third-order valence-electron chi connectivity index (χ3n) is 2.70. The Labute approximate surface area is 74.3 Å². The molecule has 0 saturated carbocycles. The van der Waals surface area contributed by atoms with E-state index in [0.29, 0.717) is 12.6 Å². The van der Waals surface area contributed by atoms with Crippen molar-refractivity contribution < 1.29 is 4.79 Å². The molecule has 1 fully saturated rings. The first-order chi connectivity index (χ1) is 5.65. The van der Waals surface area contributed by atoms with Crippen molar-refractivity contribution >= 4 is 5.91 Å². The maximum atomic E-state index is 11.3. The predicted octanol–water partition coefficient (Wildman–Crippen LogP) is 0.559. The third kappa shape index (κ3) is 1.97. The molecule has 12 heavy (non-hydrogen) atoms. The van der Waals surface area contributed by atoms with Crippen molar-refractivity contribution in [3.05, 3.63) is 0 Å². The normalized spacial score (nSPS) is 22.9. The predicted molar refractivity (Wildman–Crippen MR) is 49.0 cm³/mol. The van der Waals surface area contributed by atoms with Crippen LogP contribution in [-0.2, 0) is 4.79 Å². The van der Waals surface area contributed by atoms with Crippen molar-refractivity contribution in [3.63, 3.8) is 0 Å². The van der Waals surface area contributed by atoms with Gasteiger partial charge in [0.25, 0.3) is 0 Å². The minimum atomic E-state index is 0.251. The summed E-state index contributed by atoms with van der Waals surface area (Å²) >= 11 is 0. The molecule has 0 aromatic carbocycles. The minimum Gasteiger partial charge on any atom is -0.343 e. The first-order valence-electron chi connectivity index (χ1n) is 4.63. The Morgan fingerprint density at radius 2 is 2.17 bits per heavy atom. The highest BCUT2D eigenvalue weighted by Gasteiger charge is 2.23. The maximum Gasteiger partial charge on any atom is 0.236 e. The number of carbonyl (C=O) groups excluding carboxylic acids is 1. The van der Waals surface area contributed by atoms with E-state index in [2.05, 4.69) is 18.7 Å². The van der Waals surface area contributed by atoms with Crippen LogP contribution < -0.4 is 0 Å². The number of nitrogens with zero attached hydrogens (tertiary/aromatic N) is 2. The van der Waals surface area contributed by atoms with E-state index in [1.165, 1.54) is 0 Å². The Morgan fingerprint density at radius 1 is 1.50 bits per heavy atom. The van der Waals surface area contributed by atoms with E-state index >= 15 is 0 Å². The summed E-state index contributed by atoms with van der Waals surface area (Å²) in [4.78, 5) is 15.4. The van der Waals surface area contributed by atoms with Crippen LogP contribution in [0.2, 0.25) is 0 Å². The van der Waals surface area contributed by atoms with Crippen LogP contribution in [0.5, 0.6) is 0 Å². The highest BCUT2D eigenvalue weighted by molar-refractivity contribution is 5.78. The van der Waals surface area contributed by atoms with E-state index in [4.69, 9.17) is 0 Å². The van der Waals surface area contributed by atoms with Gasteiger partial charge in [0, 0.05) is 26.2 Å². The van der Waals surface area contributed by atoms with Gasteiger partial charge >= 0.3 is 0 Å². The van der Waals surface area contributed by atoms with Gasteiger partial charge in [-0.15, -0.1) is 0 Å². The Balaban J connectivity index is 2.45. The van der Waals surface area contributed by atoms with E-state index in [1.54, 1.807) is 4.90 Å². The fourth-order valence-electron chi connectivity index (χ4n) is 1.41. The Morgan fingerprint density at radius 3 is 2.67 bits per heavy atom. The van der Waals surface area contributed by atoms with Crippen LogP contribution in [-0.4, -0.2) is 48.4 Å². The highest BCUT2D eigenvalue weighted by atomic mass is 16.2. The average Bonchev–Trinajstić information content (AvgIpc) is 2.08. The number of amides is 1. The lowest BCUT2D eigenvalue weighted by Gasteiger charge is -2.35. The first kappa shape index (κ1) is 9.52. The van der Waals surface area contributed by atoms with Crippen LogP contribution in [0.4, 0.5) is 0 Å². The standard InChI is InChI=1S/C9H18N2O/c1-4-8(2)11-6-5-10(3)9(12)7-11/h8H,4-7H2,1-3H3. The fraction of sp³-hybridized carbons (Fsp3) is 0.889. The largest absolute Gasteiger partial charge is 0.343 e. The average molecular weight is 170 g/mol.